The summed E-state index contributed by atoms with van der Waals surface area (Å²) in [5.74, 6) is 0.623. The van der Waals surface area contributed by atoms with Gasteiger partial charge in [-0.25, -0.2) is 0 Å². The molecule has 0 aliphatic carbocycles. The average molecular weight is 597 g/mol. The summed E-state index contributed by atoms with van der Waals surface area (Å²) in [6.45, 7) is 9.04. The van der Waals surface area contributed by atoms with Crippen LogP contribution >= 0.6 is 31.9 Å². The molecule has 0 aromatic rings. The third-order valence-electron chi connectivity index (χ3n) is 7.40. The van der Waals surface area contributed by atoms with Crippen molar-refractivity contribution in [2.24, 2.45) is 5.92 Å². The Balaban J connectivity index is 2.06. The highest BCUT2D eigenvalue weighted by Gasteiger charge is 2.45. The van der Waals surface area contributed by atoms with Gasteiger partial charge in [0, 0.05) is 13.1 Å². The molecule has 33 heavy (non-hydrogen) atoms. The van der Waals surface area contributed by atoms with Crippen LogP contribution in [0.1, 0.15) is 136 Å². The second-order valence-corrected chi connectivity index (χ2v) is 12.3. The van der Waals surface area contributed by atoms with Gasteiger partial charge in [0.2, 0.25) is 0 Å². The number of hydrogen-bond donors (Lipinski definition) is 1. The average Bonchev–Trinajstić information content (AvgIpc) is 3.04. The summed E-state index contributed by atoms with van der Waals surface area (Å²) in [6, 6.07) is 0. The number of rotatable bonds is 22. The third-order valence-corrected chi connectivity index (χ3v) is 10.2. The maximum atomic E-state index is 9.57. The van der Waals surface area contributed by atoms with Gasteiger partial charge >= 0.3 is 0 Å². The Kier molecular flexibility index (Phi) is 20.3. The molecule has 1 aliphatic rings. The van der Waals surface area contributed by atoms with Crippen LogP contribution in [0.25, 0.3) is 0 Å². The summed E-state index contributed by atoms with van der Waals surface area (Å²) < 4.78 is 0. The van der Waals surface area contributed by atoms with E-state index in [9.17, 15) is 5.11 Å². The first-order valence-corrected chi connectivity index (χ1v) is 16.3. The number of hydrogen-bond acceptors (Lipinski definition) is 3. The van der Waals surface area contributed by atoms with E-state index in [-0.39, 0.29) is 11.6 Å². The van der Waals surface area contributed by atoms with E-state index in [1.54, 1.807) is 0 Å². The van der Waals surface area contributed by atoms with Crippen LogP contribution in [-0.4, -0.2) is 50.7 Å². The van der Waals surface area contributed by atoms with Gasteiger partial charge in [-0.2, -0.15) is 0 Å². The molecule has 0 aromatic heterocycles. The van der Waals surface area contributed by atoms with E-state index in [4.69, 9.17) is 0 Å². The molecule has 0 saturated carbocycles. The fourth-order valence-corrected chi connectivity index (χ4v) is 7.00. The van der Waals surface area contributed by atoms with Crippen molar-refractivity contribution in [3.05, 3.63) is 0 Å². The molecule has 198 valence electrons. The van der Waals surface area contributed by atoms with Crippen LogP contribution in [0.3, 0.4) is 0 Å². The highest BCUT2D eigenvalue weighted by atomic mass is 79.9. The van der Waals surface area contributed by atoms with Crippen molar-refractivity contribution in [3.8, 4) is 0 Å². The quantitative estimate of drug-likeness (QED) is 0.0768. The van der Waals surface area contributed by atoms with Crippen LogP contribution in [0, 0.1) is 5.92 Å². The molecule has 0 bridgehead atoms. The van der Waals surface area contributed by atoms with Gasteiger partial charge < -0.3 is 5.11 Å². The van der Waals surface area contributed by atoms with Crippen LogP contribution in [-0.2, 0) is 0 Å². The van der Waals surface area contributed by atoms with E-state index >= 15 is 0 Å². The van der Waals surface area contributed by atoms with Crippen LogP contribution in [0.4, 0.5) is 0 Å². The van der Waals surface area contributed by atoms with E-state index in [1.807, 2.05) is 0 Å². The zero-order valence-corrected chi connectivity index (χ0v) is 25.4. The van der Waals surface area contributed by atoms with E-state index in [0.717, 1.165) is 19.5 Å². The molecule has 1 N–H and O–H groups in total. The van der Waals surface area contributed by atoms with Crippen molar-refractivity contribution in [3.63, 3.8) is 0 Å². The lowest BCUT2D eigenvalue weighted by Gasteiger charge is -2.35. The molecular weight excluding hydrogens is 540 g/mol. The number of aliphatic hydroxyl groups excluding tert-OH is 1. The fourth-order valence-electron chi connectivity index (χ4n) is 5.50. The zero-order chi connectivity index (χ0) is 24.3. The summed E-state index contributed by atoms with van der Waals surface area (Å²) in [5, 5.41) is 9.57. The lowest BCUT2D eigenvalue weighted by molar-refractivity contribution is 0.0632. The first kappa shape index (κ1) is 31.9. The van der Waals surface area contributed by atoms with Crippen LogP contribution in [0.15, 0.2) is 0 Å². The van der Waals surface area contributed by atoms with Crippen LogP contribution < -0.4 is 0 Å². The summed E-state index contributed by atoms with van der Waals surface area (Å²) in [5.41, 5.74) is 0. The second kappa shape index (κ2) is 21.0. The molecule has 1 rings (SSSR count). The number of β-amino-alcohol motifs (C(OH)–C–C–N with tert-alkyl or cyclic N) is 1. The summed E-state index contributed by atoms with van der Waals surface area (Å²) in [6.07, 6.45) is 25.7. The number of alkyl halides is 2. The van der Waals surface area contributed by atoms with Crippen molar-refractivity contribution in [1.82, 2.24) is 9.80 Å². The van der Waals surface area contributed by atoms with E-state index in [1.165, 1.54) is 109 Å². The largest absolute Gasteiger partial charge is 0.395 e. The highest BCUT2D eigenvalue weighted by Crippen LogP contribution is 2.38. The third kappa shape index (κ3) is 13.1. The van der Waals surface area contributed by atoms with Crippen molar-refractivity contribution in [2.75, 3.05) is 19.7 Å². The maximum absolute atomic E-state index is 9.57. The molecule has 0 aromatic carbocycles. The molecule has 0 spiro atoms. The molecule has 1 fully saturated rings. The molecule has 1 aliphatic heterocycles. The normalized spacial score (nSPS) is 22.9. The molecule has 5 heteroatoms. The zero-order valence-electron chi connectivity index (χ0n) is 22.3. The van der Waals surface area contributed by atoms with Gasteiger partial charge in [0.15, 0.2) is 0 Å². The minimum absolute atomic E-state index is 0.226. The van der Waals surface area contributed by atoms with Crippen molar-refractivity contribution >= 4 is 31.9 Å². The monoisotopic (exact) mass is 594 g/mol. The van der Waals surface area contributed by atoms with Gasteiger partial charge in [-0.3, -0.25) is 9.80 Å². The topological polar surface area (TPSA) is 26.7 Å². The van der Waals surface area contributed by atoms with Gasteiger partial charge in [-0.15, -0.1) is 0 Å². The lowest BCUT2D eigenvalue weighted by atomic mass is 9.97. The molecule has 0 radical (unpaired) electrons. The Morgan fingerprint density at radius 3 is 1.39 bits per heavy atom. The minimum atomic E-state index is 0.226. The van der Waals surface area contributed by atoms with Crippen LogP contribution in [0.2, 0.25) is 0 Å². The van der Waals surface area contributed by atoms with Gasteiger partial charge in [0.25, 0.3) is 0 Å². The van der Waals surface area contributed by atoms with Crippen molar-refractivity contribution in [1.29, 1.82) is 0 Å². The van der Waals surface area contributed by atoms with Crippen molar-refractivity contribution < 1.29 is 5.11 Å². The fraction of sp³-hybridized carbons (Fsp3) is 1.00. The molecule has 3 nitrogen and oxygen atoms in total. The Morgan fingerprint density at radius 1 is 0.606 bits per heavy atom. The maximum Gasteiger partial charge on any atom is 0.0928 e. The Morgan fingerprint density at radius 2 is 1.00 bits per heavy atom. The Labute approximate surface area is 224 Å². The number of nitrogens with zero attached hydrogens (tertiary/aromatic N) is 2. The SMILES string of the molecule is CCCCCCCCCCCCCCCCCCC(C)C1N(CCC)C(Br)C(Br)N1CCO. The van der Waals surface area contributed by atoms with E-state index in [0.29, 0.717) is 17.0 Å². The van der Waals surface area contributed by atoms with Gasteiger partial charge in [-0.1, -0.05) is 155 Å². The first-order chi connectivity index (χ1) is 16.1. The van der Waals surface area contributed by atoms with E-state index in [2.05, 4.69) is 62.4 Å². The highest BCUT2D eigenvalue weighted by molar-refractivity contribution is 9.12. The summed E-state index contributed by atoms with van der Waals surface area (Å²) in [4.78, 5) is 5.63. The van der Waals surface area contributed by atoms with Crippen LogP contribution in [0.5, 0.6) is 0 Å². The molecule has 4 atom stereocenters. The van der Waals surface area contributed by atoms with Gasteiger partial charge in [-0.05, 0) is 18.8 Å². The summed E-state index contributed by atoms with van der Waals surface area (Å²) in [7, 11) is 0. The molecule has 0 amide bonds. The predicted molar refractivity (Wildman–Crippen MR) is 153 cm³/mol. The second-order valence-electron chi connectivity index (χ2n) is 10.4. The smallest absolute Gasteiger partial charge is 0.0928 e. The predicted octanol–water partition coefficient (Wildman–Crippen LogP) is 9.06. The molecule has 1 heterocycles. The number of aliphatic hydroxyl groups is 1. The van der Waals surface area contributed by atoms with E-state index < -0.39 is 0 Å². The minimum Gasteiger partial charge on any atom is -0.395 e. The van der Waals surface area contributed by atoms with Crippen molar-refractivity contribution in [2.45, 2.75) is 152 Å². The van der Waals surface area contributed by atoms with Gasteiger partial charge in [0.05, 0.1) is 22.7 Å². The lowest BCUT2D eigenvalue weighted by Crippen LogP contribution is -2.46. The first-order valence-electron chi connectivity index (χ1n) is 14.5. The molecular formula is C28H56Br2N2O. The summed E-state index contributed by atoms with van der Waals surface area (Å²) >= 11 is 7.77. The number of unbranched alkanes of at least 4 members (excludes halogenated alkanes) is 15. The molecule has 4 unspecified atom stereocenters. The Bertz CT molecular complexity index is 422. The Hall–Kier alpha value is 0.840. The number of halogens is 2. The van der Waals surface area contributed by atoms with Gasteiger partial charge in [0.1, 0.15) is 0 Å². The molecule has 1 saturated heterocycles. The standard InChI is InChI=1S/C28H56Br2N2O/c1-4-6-7-8-9-10-11-12-13-14-15-16-17-18-19-20-21-25(3)28-31(22-5-2)26(29)27(30)32(28)23-24-33/h25-28,33H,4-24H2,1-3H3.